The average Bonchev–Trinajstić information content (AvgIpc) is 1.79. The van der Waals surface area contributed by atoms with Gasteiger partial charge in [-0.1, -0.05) is 0 Å². The molecule has 1 unspecified atom stereocenters. The first-order chi connectivity index (χ1) is 4.91. The SMILES string of the molecule is N#CCCOP.O=S(=O)(O)O. The van der Waals surface area contributed by atoms with Gasteiger partial charge in [-0.25, -0.2) is 0 Å². The molecule has 0 aliphatic heterocycles. The summed E-state index contributed by atoms with van der Waals surface area (Å²) in [4.78, 5) is 0. The molecule has 0 fully saturated rings. The van der Waals surface area contributed by atoms with Crippen LogP contribution in [0.2, 0.25) is 0 Å². The highest BCUT2D eigenvalue weighted by atomic mass is 32.3. The van der Waals surface area contributed by atoms with E-state index in [0.29, 0.717) is 13.0 Å². The molecule has 0 aliphatic rings. The van der Waals surface area contributed by atoms with Crippen molar-refractivity contribution in [2.75, 3.05) is 6.61 Å². The molecule has 1 atom stereocenters. The minimum Gasteiger partial charge on any atom is -0.365 e. The fourth-order valence-electron chi connectivity index (χ4n) is 0.105. The third-order valence-corrected chi connectivity index (χ3v) is 0.567. The fraction of sp³-hybridized carbons (Fsp3) is 0.667. The van der Waals surface area contributed by atoms with Crippen molar-refractivity contribution in [2.45, 2.75) is 6.42 Å². The summed E-state index contributed by atoms with van der Waals surface area (Å²) in [7, 11) is -2.59. The molecule has 0 aliphatic carbocycles. The van der Waals surface area contributed by atoms with E-state index in [-0.39, 0.29) is 0 Å². The maximum Gasteiger partial charge on any atom is 0.394 e. The summed E-state index contributed by atoms with van der Waals surface area (Å²) < 4.78 is 36.1. The largest absolute Gasteiger partial charge is 0.394 e. The number of hydrogen-bond donors (Lipinski definition) is 2. The number of nitriles is 1. The Hall–Kier alpha value is -0.250. The van der Waals surface area contributed by atoms with Crippen molar-refractivity contribution in [3.05, 3.63) is 0 Å². The van der Waals surface area contributed by atoms with Crippen molar-refractivity contribution in [2.24, 2.45) is 0 Å². The Morgan fingerprint density at radius 2 is 1.91 bits per heavy atom. The Morgan fingerprint density at radius 3 is 2.00 bits per heavy atom. The summed E-state index contributed by atoms with van der Waals surface area (Å²) in [5, 5.41) is 7.86. The first kappa shape index (κ1) is 13.3. The highest BCUT2D eigenvalue weighted by Crippen LogP contribution is 1.84. The molecule has 66 valence electrons. The van der Waals surface area contributed by atoms with E-state index in [4.69, 9.17) is 22.8 Å². The lowest BCUT2D eigenvalue weighted by Crippen LogP contribution is -1.89. The van der Waals surface area contributed by atoms with Crippen molar-refractivity contribution < 1.29 is 22.0 Å². The van der Waals surface area contributed by atoms with Gasteiger partial charge in [-0.15, -0.1) is 0 Å². The van der Waals surface area contributed by atoms with Gasteiger partial charge in [0.2, 0.25) is 0 Å². The molecule has 8 heteroatoms. The predicted octanol–water partition coefficient (Wildman–Crippen LogP) is 0.0540. The van der Waals surface area contributed by atoms with Gasteiger partial charge in [0.15, 0.2) is 0 Å². The lowest BCUT2D eigenvalue weighted by Gasteiger charge is -1.82. The Morgan fingerprint density at radius 1 is 1.55 bits per heavy atom. The lowest BCUT2D eigenvalue weighted by molar-refractivity contribution is 0.380. The van der Waals surface area contributed by atoms with E-state index in [0.717, 1.165) is 0 Å². The molecule has 6 nitrogen and oxygen atoms in total. The van der Waals surface area contributed by atoms with Crippen molar-refractivity contribution in [3.63, 3.8) is 0 Å². The van der Waals surface area contributed by atoms with E-state index in [1.165, 1.54) is 0 Å². The lowest BCUT2D eigenvalue weighted by atomic mass is 10.5. The molecule has 0 aromatic carbocycles. The average molecular weight is 201 g/mol. The van der Waals surface area contributed by atoms with E-state index >= 15 is 0 Å². The molecule has 0 spiro atoms. The van der Waals surface area contributed by atoms with Crippen LogP contribution < -0.4 is 0 Å². The first-order valence-corrected chi connectivity index (χ1v) is 4.17. The van der Waals surface area contributed by atoms with Crippen LogP contribution in [0.4, 0.5) is 0 Å². The normalized spacial score (nSPS) is 9.27. The van der Waals surface area contributed by atoms with Gasteiger partial charge in [0.25, 0.3) is 0 Å². The molecule has 0 amide bonds. The molecule has 0 aromatic rings. The van der Waals surface area contributed by atoms with Crippen molar-refractivity contribution in [1.82, 2.24) is 0 Å². The summed E-state index contributed by atoms with van der Waals surface area (Å²) >= 11 is 0. The van der Waals surface area contributed by atoms with Gasteiger partial charge in [0.05, 0.1) is 19.1 Å². The minimum absolute atomic E-state index is 0.476. The zero-order valence-corrected chi connectivity index (χ0v) is 7.44. The zero-order chi connectivity index (χ0) is 9.33. The van der Waals surface area contributed by atoms with Gasteiger partial charge in [-0.3, -0.25) is 9.11 Å². The van der Waals surface area contributed by atoms with Gasteiger partial charge in [0, 0.05) is 9.47 Å². The molecule has 0 radical (unpaired) electrons. The van der Waals surface area contributed by atoms with Crippen LogP contribution in [0.5, 0.6) is 0 Å². The van der Waals surface area contributed by atoms with Crippen LogP contribution in [0, 0.1) is 11.3 Å². The second kappa shape index (κ2) is 7.85. The molecule has 0 rings (SSSR count). The van der Waals surface area contributed by atoms with E-state index in [1.807, 2.05) is 6.07 Å². The van der Waals surface area contributed by atoms with Crippen LogP contribution in [-0.4, -0.2) is 24.1 Å². The number of rotatable bonds is 2. The molecule has 0 bridgehead atoms. The second-order valence-electron chi connectivity index (χ2n) is 1.23. The number of hydrogen-bond acceptors (Lipinski definition) is 4. The van der Waals surface area contributed by atoms with Crippen LogP contribution in [-0.2, 0) is 14.9 Å². The zero-order valence-electron chi connectivity index (χ0n) is 5.47. The monoisotopic (exact) mass is 201 g/mol. The molecular formula is C3H8NO5PS. The second-order valence-corrected chi connectivity index (χ2v) is 2.46. The van der Waals surface area contributed by atoms with E-state index < -0.39 is 10.4 Å². The quantitative estimate of drug-likeness (QED) is 0.371. The maximum absolute atomic E-state index is 8.74. The first-order valence-electron chi connectivity index (χ1n) is 2.30. The molecule has 0 saturated carbocycles. The van der Waals surface area contributed by atoms with Crippen LogP contribution in [0.25, 0.3) is 0 Å². The third-order valence-electron chi connectivity index (χ3n) is 0.332. The Kier molecular flexibility index (Phi) is 9.53. The van der Waals surface area contributed by atoms with E-state index in [9.17, 15) is 0 Å². The summed E-state index contributed by atoms with van der Waals surface area (Å²) in [6.07, 6.45) is 0.476. The standard InChI is InChI=1S/C3H6NOP.H2O4S/c4-2-1-3-5-6;1-5(2,3)4/h1,3,6H2;(H2,1,2,3,4). The summed E-state index contributed by atoms with van der Waals surface area (Å²) in [5.41, 5.74) is 0. The maximum atomic E-state index is 8.74. The predicted molar refractivity (Wildman–Crippen MR) is 40.1 cm³/mol. The van der Waals surface area contributed by atoms with Crippen LogP contribution in [0.1, 0.15) is 6.42 Å². The smallest absolute Gasteiger partial charge is 0.365 e. The van der Waals surface area contributed by atoms with Gasteiger partial charge in [0.1, 0.15) is 0 Å². The Balaban J connectivity index is 0. The van der Waals surface area contributed by atoms with E-state index in [2.05, 4.69) is 14.0 Å². The highest BCUT2D eigenvalue weighted by Gasteiger charge is 1.84. The number of nitrogens with zero attached hydrogens (tertiary/aromatic N) is 1. The Labute approximate surface area is 67.0 Å². The van der Waals surface area contributed by atoms with Gasteiger partial charge < -0.3 is 4.52 Å². The molecule has 11 heavy (non-hydrogen) atoms. The van der Waals surface area contributed by atoms with Crippen LogP contribution in [0.15, 0.2) is 0 Å². The van der Waals surface area contributed by atoms with Crippen molar-refractivity contribution >= 4 is 19.9 Å². The summed E-state index contributed by atoms with van der Waals surface area (Å²) in [6, 6.07) is 1.93. The molecule has 0 aromatic heterocycles. The summed E-state index contributed by atoms with van der Waals surface area (Å²) in [5.74, 6) is 0. The van der Waals surface area contributed by atoms with Gasteiger partial charge >= 0.3 is 10.4 Å². The molecular weight excluding hydrogens is 193 g/mol. The highest BCUT2D eigenvalue weighted by molar-refractivity contribution is 7.79. The van der Waals surface area contributed by atoms with E-state index in [1.54, 1.807) is 0 Å². The molecule has 0 saturated heterocycles. The third kappa shape index (κ3) is 77.4. The summed E-state index contributed by atoms with van der Waals surface area (Å²) in [6.45, 7) is 0.515. The van der Waals surface area contributed by atoms with Crippen molar-refractivity contribution in [3.8, 4) is 6.07 Å². The minimum atomic E-state index is -4.67. The van der Waals surface area contributed by atoms with Gasteiger partial charge in [-0.2, -0.15) is 13.7 Å². The molecule has 0 heterocycles. The Bertz CT molecular complexity index is 198. The van der Waals surface area contributed by atoms with Crippen molar-refractivity contribution in [1.29, 1.82) is 5.26 Å². The van der Waals surface area contributed by atoms with Gasteiger partial charge in [-0.05, 0) is 0 Å². The fourth-order valence-corrected chi connectivity index (χ4v) is 0.222. The topological polar surface area (TPSA) is 108 Å². The van der Waals surface area contributed by atoms with Crippen LogP contribution >= 0.6 is 9.47 Å². The van der Waals surface area contributed by atoms with Crippen LogP contribution in [0.3, 0.4) is 0 Å². The molecule has 2 N–H and O–H groups in total.